The van der Waals surface area contributed by atoms with Crippen LogP contribution >= 0.6 is 41.8 Å². The Labute approximate surface area is 646 Å². The van der Waals surface area contributed by atoms with Crippen LogP contribution in [0.15, 0.2) is 152 Å². The van der Waals surface area contributed by atoms with Crippen molar-refractivity contribution in [1.29, 1.82) is 0 Å². The summed E-state index contributed by atoms with van der Waals surface area (Å²) in [5.41, 5.74) is 16.0. The Balaban J connectivity index is 0.000000202. The maximum absolute atomic E-state index is 13.3. The zero-order valence-electron chi connectivity index (χ0n) is 62.4. The van der Waals surface area contributed by atoms with E-state index in [1.165, 1.54) is 111 Å². The molecule has 31 heteroatoms. The molecule has 12 rings (SSSR count). The Bertz CT molecular complexity index is 4520. The molecule has 4 aliphatic heterocycles. The Morgan fingerprint density at radius 3 is 1.79 bits per heavy atom. The third kappa shape index (κ3) is 23.6. The molecule has 0 aliphatic carbocycles. The van der Waals surface area contributed by atoms with Crippen molar-refractivity contribution >= 4 is 122 Å². The minimum absolute atomic E-state index is 0. The molecular weight excluding hydrogens is 1500 g/mol. The predicted octanol–water partition coefficient (Wildman–Crippen LogP) is 13.4. The van der Waals surface area contributed by atoms with E-state index in [0.717, 1.165) is 105 Å². The number of methoxy groups -OCH3 is 2. The van der Waals surface area contributed by atoms with Gasteiger partial charge in [0.25, 0.3) is 10.1 Å². The summed E-state index contributed by atoms with van der Waals surface area (Å²) in [6.07, 6.45) is 20.8. The number of anilines is 8. The highest BCUT2D eigenvalue weighted by atomic mass is 79.9. The van der Waals surface area contributed by atoms with Gasteiger partial charge in [0.2, 0.25) is 23.0 Å². The summed E-state index contributed by atoms with van der Waals surface area (Å²) >= 11 is 9.12. The summed E-state index contributed by atoms with van der Waals surface area (Å²) in [6, 6.07) is 21.4. The molecule has 3 radical (unpaired) electrons. The molecular formula is C76H103BBrClN16O9P2S-. The van der Waals surface area contributed by atoms with Crippen LogP contribution in [0.4, 0.5) is 46.0 Å². The lowest BCUT2D eigenvalue weighted by molar-refractivity contribution is 0.0982. The highest BCUT2D eigenvalue weighted by molar-refractivity contribution is 9.10. The van der Waals surface area contributed by atoms with E-state index in [-0.39, 0.29) is 17.6 Å². The summed E-state index contributed by atoms with van der Waals surface area (Å²) in [4.78, 5) is 40.6. The molecule has 107 heavy (non-hydrogen) atoms. The number of nitrogens with zero attached hydrogens (tertiary/aromatic N) is 12. The molecule has 4 aliphatic rings. The number of rotatable bonds is 21. The van der Waals surface area contributed by atoms with E-state index in [4.69, 9.17) is 53.0 Å². The van der Waals surface area contributed by atoms with Crippen LogP contribution in [0.5, 0.6) is 11.5 Å². The first-order valence-electron chi connectivity index (χ1n) is 35.3. The van der Waals surface area contributed by atoms with Gasteiger partial charge in [0.15, 0.2) is 0 Å². The van der Waals surface area contributed by atoms with Crippen molar-refractivity contribution in [2.24, 2.45) is 0 Å². The van der Waals surface area contributed by atoms with Crippen LogP contribution in [0.3, 0.4) is 0 Å². The largest absolute Gasteiger partial charge is 0.573 e. The number of benzene rings is 4. The van der Waals surface area contributed by atoms with Gasteiger partial charge in [-0.25, -0.2) is 19.9 Å². The van der Waals surface area contributed by atoms with E-state index < -0.39 is 24.4 Å². The number of allylic oxidation sites excluding steroid dienone is 4. The van der Waals surface area contributed by atoms with Gasteiger partial charge >= 0.3 is 0 Å². The molecule has 0 saturated carbocycles. The van der Waals surface area contributed by atoms with Crippen molar-refractivity contribution in [2.45, 2.75) is 83.7 Å². The maximum atomic E-state index is 13.3. The van der Waals surface area contributed by atoms with Gasteiger partial charge in [0, 0.05) is 148 Å². The third-order valence-electron chi connectivity index (χ3n) is 19.1. The van der Waals surface area contributed by atoms with Crippen molar-refractivity contribution in [2.75, 3.05) is 165 Å². The molecule has 0 unspecified atom stereocenters. The lowest BCUT2D eigenvalue weighted by Gasteiger charge is -2.43. The number of piperazine rings is 2. The summed E-state index contributed by atoms with van der Waals surface area (Å²) in [5.74, 6) is 3.59. The molecule has 0 bridgehead atoms. The van der Waals surface area contributed by atoms with Crippen molar-refractivity contribution in [3.63, 3.8) is 0 Å². The minimum atomic E-state index is -4.02. The molecule has 25 nitrogen and oxygen atoms in total. The molecule has 575 valence electrons. The summed E-state index contributed by atoms with van der Waals surface area (Å²) in [6.45, 7) is 30.5. The van der Waals surface area contributed by atoms with E-state index in [0.29, 0.717) is 67.2 Å². The normalized spacial score (nSPS) is 16.2. The fraction of sp³-hybridized carbons (Fsp3) is 0.421. The molecule has 0 atom stereocenters. The van der Waals surface area contributed by atoms with Gasteiger partial charge in [-0.2, -0.15) is 18.4 Å². The number of halogens is 2. The van der Waals surface area contributed by atoms with Crippen LogP contribution in [0, 0.1) is 6.92 Å². The quantitative estimate of drug-likeness (QED) is 0.0112. The topological polar surface area (TPSA) is 292 Å². The molecule has 4 aromatic heterocycles. The van der Waals surface area contributed by atoms with Crippen molar-refractivity contribution < 1.29 is 40.4 Å². The molecule has 8 aromatic rings. The monoisotopic (exact) mass is 1600 g/mol. The number of aryl methyl sites for hydroxylation is 3. The Hall–Kier alpha value is -7.88. The van der Waals surface area contributed by atoms with Gasteiger partial charge < -0.3 is 76.6 Å². The first-order chi connectivity index (χ1) is 50.5. The van der Waals surface area contributed by atoms with Gasteiger partial charge in [-0.15, -0.1) is 0 Å². The van der Waals surface area contributed by atoms with Crippen molar-refractivity contribution in [3.05, 3.63) is 167 Å². The first-order valence-corrected chi connectivity index (χ1v) is 43.1. The minimum Gasteiger partial charge on any atom is -0.573 e. The second-order valence-corrected chi connectivity index (χ2v) is 36.2. The average Bonchev–Trinajstić information content (AvgIpc) is 1.34. The number of nitrogens with one attached hydrogen (secondary N) is 3. The number of nitrogens with two attached hydrogens (primary N) is 1. The van der Waals surface area contributed by atoms with Crippen LogP contribution in [0.1, 0.15) is 69.5 Å². The third-order valence-corrected chi connectivity index (χ3v) is 23.8. The number of aromatic nitrogens is 6. The van der Waals surface area contributed by atoms with E-state index in [9.17, 15) is 17.5 Å². The highest BCUT2D eigenvalue weighted by Gasteiger charge is 2.31. The molecule has 4 fully saturated rings. The van der Waals surface area contributed by atoms with Crippen molar-refractivity contribution in [1.82, 2.24) is 49.5 Å². The molecule has 0 spiro atoms. The van der Waals surface area contributed by atoms with Crippen molar-refractivity contribution in [3.8, 4) is 23.0 Å². The molecule has 4 saturated heterocycles. The van der Waals surface area contributed by atoms with Gasteiger partial charge in [0.1, 0.15) is 44.1 Å². The second kappa shape index (κ2) is 39.0. The summed E-state index contributed by atoms with van der Waals surface area (Å²) < 4.78 is 78.1. The van der Waals surface area contributed by atoms with E-state index >= 15 is 0 Å². The summed E-state index contributed by atoms with van der Waals surface area (Å²) in [7, 11) is 4.81. The van der Waals surface area contributed by atoms with Gasteiger partial charge in [-0.1, -0.05) is 51.6 Å². The predicted molar refractivity (Wildman–Crippen MR) is 441 cm³/mol. The Kier molecular flexibility index (Phi) is 30.9. The lowest BCUT2D eigenvalue weighted by atomic mass is 9.99. The lowest BCUT2D eigenvalue weighted by Crippen LogP contribution is -2.52. The number of oxazole rings is 2. The number of nitrogen functional groups attached to an aromatic ring is 1. The number of likely N-dealkylation sites (N-methyl/N-ethyl adjacent to an activating group) is 2. The number of ether oxygens (including phenoxy) is 2. The SMILES string of the molecule is C.C=C/C(=C\C(=C\Nc1nc(Cl)ncc1Br)P(C)(C)=O)c1ncco1.CCc1cc(N)c(OC)cc1N1CCC(N2CCN(C)CC2)CC1.Cc1ccc(S(=O)(=O)O)cc1.[B-]c1cnc(Nc2cc(CC)c(N3CCC(N4CCN(C)CC4)CC3)cc2OC)nc1Nc1ccc(-c2ncco2)cc1P(C)(C)=O. The Morgan fingerprint density at radius 2 is 1.29 bits per heavy atom. The van der Waals surface area contributed by atoms with Gasteiger partial charge in [-0.3, -0.25) is 19.8 Å². The van der Waals surface area contributed by atoms with Crippen LogP contribution in [0.2, 0.25) is 5.28 Å². The zero-order chi connectivity index (χ0) is 76.5. The maximum Gasteiger partial charge on any atom is 0.294 e. The fourth-order valence-corrected chi connectivity index (χ4v) is 15.8. The van der Waals surface area contributed by atoms with Crippen LogP contribution in [-0.2, 0) is 32.1 Å². The fourth-order valence-electron chi connectivity index (χ4n) is 12.9. The first kappa shape index (κ1) is 84.7. The van der Waals surface area contributed by atoms with Gasteiger partial charge in [-0.05, 0) is 180 Å². The number of piperidine rings is 2. The second-order valence-electron chi connectivity index (χ2n) is 27.2. The number of hydrogen-bond acceptors (Lipinski definition) is 24. The number of hydrogen-bond donors (Lipinski definition) is 5. The van der Waals surface area contributed by atoms with E-state index in [2.05, 4.69) is 145 Å². The van der Waals surface area contributed by atoms with Crippen LogP contribution in [-0.4, -0.2) is 216 Å². The average molecular weight is 1600 g/mol. The van der Waals surface area contributed by atoms with E-state index in [1.54, 1.807) is 83.8 Å². The molecule has 8 heterocycles. The smallest absolute Gasteiger partial charge is 0.294 e. The highest BCUT2D eigenvalue weighted by Crippen LogP contribution is 2.48. The molecule has 6 N–H and O–H groups in total. The van der Waals surface area contributed by atoms with Crippen LogP contribution in [0.25, 0.3) is 17.0 Å². The molecule has 0 amide bonds. The summed E-state index contributed by atoms with van der Waals surface area (Å²) in [5, 5.41) is 11.0. The molecule has 4 aromatic carbocycles. The van der Waals surface area contributed by atoms with Crippen LogP contribution < -0.4 is 51.7 Å². The Morgan fingerprint density at radius 1 is 0.729 bits per heavy atom. The standard InChI is InChI=1S/C34H44BN8O3P.C19H32N4O.C15H15BrClN4O2P.C7H8O3S.CH4/c1-6-23-19-28(30(45-3)21-29(23)43-12-9-25(10-13-43)42-16-14-41(2)15-17-42)39-34-37-22-26(35)32(40-34)38-27-8-7-24(33-36-11-18-46-33)20-31(27)47(4,5)44;1-4-15-13-17(20)19(24-3)14-18(15)23-7-5-16(6-8-23)22-11-9-21(2)10-12-22;1-4-10(14-18-5-6-23-14)7-11(24(2,3)22)8-19-13-12(16)9-20-15(17)21-13;1-6-2-4-7(5-3-6)11(8,9)10;/h7-8,11,18-22,25H,6,9-10,12-17H2,1-5H3,(H2,37,38,39,40);13-14,16H,4-12,20H2,1-3H3;4-9H,1H2,2-3H3,(H,19,20,21);2-5H,1H3,(H,8,9,10);1H4/q-1;;;;/b;;10-7+,11-8-;;. The zero-order valence-corrected chi connectivity index (χ0v) is 67.4. The van der Waals surface area contributed by atoms with Gasteiger partial charge in [0.05, 0.1) is 58.9 Å². The van der Waals surface area contributed by atoms with E-state index in [1.807, 2.05) is 25.1 Å².